The minimum absolute atomic E-state index is 0.0493. The topological polar surface area (TPSA) is 161 Å². The fourth-order valence-electron chi connectivity index (χ4n) is 2.58. The summed E-state index contributed by atoms with van der Waals surface area (Å²) >= 11 is 0. The number of rotatable bonds is 9. The molecule has 2 aromatic carbocycles. The first-order chi connectivity index (χ1) is 17.1. The number of anilines is 1. The van der Waals surface area contributed by atoms with Gasteiger partial charge in [-0.15, -0.1) is 0 Å². The summed E-state index contributed by atoms with van der Waals surface area (Å²) in [4.78, 5) is 40.0. The van der Waals surface area contributed by atoms with Gasteiger partial charge in [-0.1, -0.05) is 32.0 Å². The normalized spacial score (nSPS) is 10.5. The number of aliphatic imine (C=N–C) groups is 1. The second-order valence-corrected chi connectivity index (χ2v) is 8.74. The second-order valence-electron chi connectivity index (χ2n) is 7.19. The molecule has 0 fully saturated rings. The van der Waals surface area contributed by atoms with Crippen LogP contribution in [0.3, 0.4) is 0 Å². The third-order valence-electron chi connectivity index (χ3n) is 4.06. The Morgan fingerprint density at radius 1 is 0.889 bits per heavy atom. The molecule has 0 radical (unpaired) electrons. The fourth-order valence-corrected chi connectivity index (χ4v) is 3.52. The number of guanidine groups is 1. The molecule has 2 rings (SSSR count). The number of benzene rings is 2. The van der Waals surface area contributed by atoms with Crippen LogP contribution in [0.5, 0.6) is 5.75 Å². The Morgan fingerprint density at radius 2 is 1.47 bits per heavy atom. The smallest absolute Gasteiger partial charge is 0.413 e. The zero-order chi connectivity index (χ0) is 26.6. The fraction of sp³-hybridized carbons (Fsp3) is 0.304. The Kier molecular flexibility index (Phi) is 10.7. The molecule has 0 aliphatic rings. The van der Waals surface area contributed by atoms with Crippen LogP contribution in [0.1, 0.15) is 33.6 Å². The molecule has 13 heteroatoms. The van der Waals surface area contributed by atoms with E-state index in [4.69, 9.17) is 13.7 Å². The minimum atomic E-state index is -4.14. The highest BCUT2D eigenvalue weighted by atomic mass is 32.2. The van der Waals surface area contributed by atoms with Crippen molar-refractivity contribution in [2.45, 2.75) is 38.5 Å². The Balaban J connectivity index is 2.40. The third-order valence-corrected chi connectivity index (χ3v) is 5.33. The van der Waals surface area contributed by atoms with Crippen LogP contribution < -0.4 is 20.1 Å². The summed E-state index contributed by atoms with van der Waals surface area (Å²) in [6.45, 7) is 5.13. The molecule has 2 aromatic rings. The van der Waals surface area contributed by atoms with Crippen LogP contribution in [0, 0.1) is 0 Å². The highest BCUT2D eigenvalue weighted by Crippen LogP contribution is 2.31. The summed E-state index contributed by atoms with van der Waals surface area (Å²) in [6.07, 6.45) is -0.597. The van der Waals surface area contributed by atoms with Gasteiger partial charge >= 0.3 is 22.3 Å². The van der Waals surface area contributed by atoms with Gasteiger partial charge in [-0.05, 0) is 37.1 Å². The number of alkyl carbamates (subject to hydrolysis) is 2. The van der Waals surface area contributed by atoms with Crippen LogP contribution in [0.25, 0.3) is 0 Å². The Hall–Kier alpha value is -4.13. The van der Waals surface area contributed by atoms with E-state index < -0.39 is 28.2 Å². The number of hydrogen-bond acceptors (Lipinski definition) is 9. The van der Waals surface area contributed by atoms with Crippen molar-refractivity contribution in [2.24, 2.45) is 4.99 Å². The molecule has 0 aromatic heterocycles. The quantitative estimate of drug-likeness (QED) is 0.256. The van der Waals surface area contributed by atoms with Crippen molar-refractivity contribution in [3.63, 3.8) is 0 Å². The average Bonchev–Trinajstić information content (AvgIpc) is 2.83. The molecule has 0 heterocycles. The summed E-state index contributed by atoms with van der Waals surface area (Å²) in [5.74, 6) is -0.926. The van der Waals surface area contributed by atoms with E-state index in [0.29, 0.717) is 12.8 Å². The van der Waals surface area contributed by atoms with Gasteiger partial charge in [-0.3, -0.25) is 15.4 Å². The van der Waals surface area contributed by atoms with Crippen LogP contribution in [-0.4, -0.2) is 45.7 Å². The SMILES string of the molecule is CCCOC(=O)NC(=Nc1ccc(OS(=O)(=O)c2ccccc2)cc1NC(C)=O)NC(=O)OCCC. The van der Waals surface area contributed by atoms with E-state index in [1.165, 1.54) is 37.3 Å². The highest BCUT2D eigenvalue weighted by molar-refractivity contribution is 7.87. The van der Waals surface area contributed by atoms with Crippen LogP contribution in [-0.2, 0) is 24.4 Å². The number of ether oxygens (including phenoxy) is 2. The number of nitrogens with zero attached hydrogens (tertiary/aromatic N) is 1. The van der Waals surface area contributed by atoms with Crippen molar-refractivity contribution in [1.82, 2.24) is 10.6 Å². The molecule has 194 valence electrons. The lowest BCUT2D eigenvalue weighted by Crippen LogP contribution is -2.44. The predicted molar refractivity (Wildman–Crippen MR) is 132 cm³/mol. The summed E-state index contributed by atoms with van der Waals surface area (Å²) < 4.78 is 40.2. The molecule has 36 heavy (non-hydrogen) atoms. The van der Waals surface area contributed by atoms with E-state index in [9.17, 15) is 22.8 Å². The molecule has 0 bridgehead atoms. The molecular formula is C23H28N4O8S. The lowest BCUT2D eigenvalue weighted by atomic mass is 10.2. The number of carbonyl (C=O) groups is 3. The van der Waals surface area contributed by atoms with E-state index in [2.05, 4.69) is 20.9 Å². The van der Waals surface area contributed by atoms with Gasteiger partial charge in [0.05, 0.1) is 24.6 Å². The molecule has 0 atom stereocenters. The van der Waals surface area contributed by atoms with Gasteiger partial charge in [0.2, 0.25) is 11.9 Å². The lowest BCUT2D eigenvalue weighted by Gasteiger charge is -2.14. The van der Waals surface area contributed by atoms with E-state index in [-0.39, 0.29) is 41.2 Å². The molecule has 0 spiro atoms. The zero-order valence-corrected chi connectivity index (χ0v) is 20.9. The molecule has 12 nitrogen and oxygen atoms in total. The molecule has 0 aliphatic heterocycles. The van der Waals surface area contributed by atoms with Gasteiger partial charge in [-0.25, -0.2) is 14.6 Å². The Morgan fingerprint density at radius 3 is 2.00 bits per heavy atom. The zero-order valence-electron chi connectivity index (χ0n) is 20.1. The summed E-state index contributed by atoms with van der Waals surface area (Å²) in [5, 5.41) is 7.11. The lowest BCUT2D eigenvalue weighted by molar-refractivity contribution is -0.114. The molecule has 0 unspecified atom stereocenters. The number of carbonyl (C=O) groups excluding carboxylic acids is 3. The summed E-state index contributed by atoms with van der Waals surface area (Å²) in [5.41, 5.74) is 0.115. The number of nitrogens with one attached hydrogen (secondary N) is 3. The van der Waals surface area contributed by atoms with Crippen LogP contribution in [0.15, 0.2) is 58.4 Å². The Bertz CT molecular complexity index is 1180. The van der Waals surface area contributed by atoms with Crippen LogP contribution in [0.4, 0.5) is 21.0 Å². The number of amides is 3. The van der Waals surface area contributed by atoms with Gasteiger partial charge in [0.1, 0.15) is 10.6 Å². The standard InChI is InChI=1S/C23H28N4O8S/c1-4-13-33-22(29)26-21(27-23(30)34-14-5-2)25-19-12-11-17(15-20(19)24-16(3)28)35-36(31,32)18-9-7-6-8-10-18/h6-12,15H,4-5,13-14H2,1-3H3,(H,24,28)(H2,25,26,27,29,30). The Labute approximate surface area is 209 Å². The molecular weight excluding hydrogens is 492 g/mol. The van der Waals surface area contributed by atoms with Crippen molar-refractivity contribution in [3.05, 3.63) is 48.5 Å². The van der Waals surface area contributed by atoms with Gasteiger partial charge in [0.15, 0.2) is 0 Å². The maximum atomic E-state index is 12.6. The first kappa shape index (κ1) is 28.1. The van der Waals surface area contributed by atoms with E-state index in [1.54, 1.807) is 18.2 Å². The van der Waals surface area contributed by atoms with Crippen molar-refractivity contribution < 1.29 is 36.5 Å². The van der Waals surface area contributed by atoms with Gasteiger partial charge in [0.25, 0.3) is 0 Å². The van der Waals surface area contributed by atoms with E-state index >= 15 is 0 Å². The largest absolute Gasteiger partial charge is 0.449 e. The maximum Gasteiger partial charge on any atom is 0.413 e. The first-order valence-corrected chi connectivity index (χ1v) is 12.4. The molecule has 3 N–H and O–H groups in total. The van der Waals surface area contributed by atoms with Crippen molar-refractivity contribution >= 4 is 45.5 Å². The van der Waals surface area contributed by atoms with Crippen LogP contribution >= 0.6 is 0 Å². The average molecular weight is 521 g/mol. The van der Waals surface area contributed by atoms with Crippen LogP contribution in [0.2, 0.25) is 0 Å². The van der Waals surface area contributed by atoms with Crippen molar-refractivity contribution in [2.75, 3.05) is 18.5 Å². The van der Waals surface area contributed by atoms with Crippen molar-refractivity contribution in [1.29, 1.82) is 0 Å². The van der Waals surface area contributed by atoms with E-state index in [0.717, 1.165) is 0 Å². The molecule has 3 amide bonds. The molecule has 0 aliphatic carbocycles. The second kappa shape index (κ2) is 13.7. The summed E-state index contributed by atoms with van der Waals surface area (Å²) in [6, 6.07) is 11.4. The van der Waals surface area contributed by atoms with Gasteiger partial charge in [-0.2, -0.15) is 8.42 Å². The van der Waals surface area contributed by atoms with Crippen molar-refractivity contribution in [3.8, 4) is 5.75 Å². The molecule has 0 saturated carbocycles. The van der Waals surface area contributed by atoms with Gasteiger partial charge < -0.3 is 19.0 Å². The van der Waals surface area contributed by atoms with Gasteiger partial charge in [0, 0.05) is 13.0 Å². The van der Waals surface area contributed by atoms with E-state index in [1.807, 2.05) is 13.8 Å². The predicted octanol–water partition coefficient (Wildman–Crippen LogP) is 3.67. The maximum absolute atomic E-state index is 12.6. The monoisotopic (exact) mass is 520 g/mol. The number of hydrogen-bond donors (Lipinski definition) is 3. The highest BCUT2D eigenvalue weighted by Gasteiger charge is 2.18. The molecule has 0 saturated heterocycles. The first-order valence-electron chi connectivity index (χ1n) is 11.0. The minimum Gasteiger partial charge on any atom is -0.449 e. The summed E-state index contributed by atoms with van der Waals surface area (Å²) in [7, 11) is -4.14. The third kappa shape index (κ3) is 9.25.